The highest BCUT2D eigenvalue weighted by molar-refractivity contribution is 6.31. The first-order valence-electron chi connectivity index (χ1n) is 10.8. The van der Waals surface area contributed by atoms with Crippen molar-refractivity contribution in [2.75, 3.05) is 19.0 Å². The summed E-state index contributed by atoms with van der Waals surface area (Å²) in [4.78, 5) is 23.9. The van der Waals surface area contributed by atoms with Crippen LogP contribution in [-0.4, -0.2) is 25.5 Å². The highest BCUT2D eigenvalue weighted by Crippen LogP contribution is 2.29. The van der Waals surface area contributed by atoms with Crippen molar-refractivity contribution in [2.24, 2.45) is 0 Å². The first-order chi connectivity index (χ1) is 15.7. The summed E-state index contributed by atoms with van der Waals surface area (Å²) < 4.78 is 4.59. The van der Waals surface area contributed by atoms with Gasteiger partial charge in [0.15, 0.2) is 0 Å². The smallest absolute Gasteiger partial charge is 0.325 e. The molecule has 0 aliphatic rings. The van der Waals surface area contributed by atoms with E-state index in [0.717, 1.165) is 44.1 Å². The standard InChI is InChI=1S/C27H29ClN2O3/c1-16-11-20(9-10-24(16)28)19(4)30-23-8-6-7-21(14-23)22-12-17(2)26(18(3)13-22)27(32)29-15-25(31)33-5/h6-14,19,30H,15H2,1-5H3,(H,29,32). The lowest BCUT2D eigenvalue weighted by Gasteiger charge is -2.18. The molecule has 2 N–H and O–H groups in total. The maximum atomic E-state index is 12.6. The largest absolute Gasteiger partial charge is 0.468 e. The Bertz CT molecular complexity index is 1170. The van der Waals surface area contributed by atoms with Crippen LogP contribution in [0.25, 0.3) is 11.1 Å². The van der Waals surface area contributed by atoms with Gasteiger partial charge in [0.2, 0.25) is 0 Å². The van der Waals surface area contributed by atoms with E-state index in [2.05, 4.69) is 34.4 Å². The van der Waals surface area contributed by atoms with Crippen LogP contribution in [0.2, 0.25) is 5.02 Å². The predicted octanol–water partition coefficient (Wildman–Crippen LogP) is 6.01. The molecule has 1 atom stereocenters. The Morgan fingerprint density at radius 1 is 0.939 bits per heavy atom. The van der Waals surface area contributed by atoms with E-state index >= 15 is 0 Å². The third-order valence-corrected chi connectivity index (χ3v) is 6.07. The van der Waals surface area contributed by atoms with Crippen LogP contribution in [0.3, 0.4) is 0 Å². The summed E-state index contributed by atoms with van der Waals surface area (Å²) in [6.07, 6.45) is 0. The molecule has 3 aromatic carbocycles. The number of ether oxygens (including phenoxy) is 1. The number of benzene rings is 3. The highest BCUT2D eigenvalue weighted by atomic mass is 35.5. The Labute approximate surface area is 200 Å². The van der Waals surface area contributed by atoms with Gasteiger partial charge < -0.3 is 15.4 Å². The van der Waals surface area contributed by atoms with Gasteiger partial charge in [-0.1, -0.05) is 48.0 Å². The molecule has 1 unspecified atom stereocenters. The van der Waals surface area contributed by atoms with Crippen molar-refractivity contribution in [1.82, 2.24) is 5.32 Å². The molecule has 1 amide bonds. The molecule has 0 fully saturated rings. The number of amides is 1. The SMILES string of the molecule is COC(=O)CNC(=O)c1c(C)cc(-c2cccc(NC(C)c3ccc(Cl)c(C)c3)c2)cc1C. The van der Waals surface area contributed by atoms with Gasteiger partial charge in [-0.25, -0.2) is 0 Å². The minimum absolute atomic E-state index is 0.112. The number of hydrogen-bond acceptors (Lipinski definition) is 4. The van der Waals surface area contributed by atoms with Gasteiger partial charge in [0.1, 0.15) is 6.54 Å². The van der Waals surface area contributed by atoms with Gasteiger partial charge in [-0.2, -0.15) is 0 Å². The number of halogens is 1. The molecule has 0 aliphatic heterocycles. The summed E-state index contributed by atoms with van der Waals surface area (Å²) in [7, 11) is 1.29. The number of nitrogens with one attached hydrogen (secondary N) is 2. The fraction of sp³-hybridized carbons (Fsp3) is 0.259. The van der Waals surface area contributed by atoms with Gasteiger partial charge in [-0.3, -0.25) is 9.59 Å². The number of methoxy groups -OCH3 is 1. The Kier molecular flexibility index (Phi) is 7.77. The molecule has 3 aromatic rings. The van der Waals surface area contributed by atoms with Gasteiger partial charge >= 0.3 is 5.97 Å². The molecule has 0 bridgehead atoms. The quantitative estimate of drug-likeness (QED) is 0.420. The predicted molar refractivity (Wildman–Crippen MR) is 134 cm³/mol. The van der Waals surface area contributed by atoms with Crippen molar-refractivity contribution < 1.29 is 14.3 Å². The first-order valence-corrected chi connectivity index (χ1v) is 11.2. The topological polar surface area (TPSA) is 67.4 Å². The Balaban J connectivity index is 1.81. The molecule has 0 radical (unpaired) electrons. The minimum atomic E-state index is -0.484. The van der Waals surface area contributed by atoms with Gasteiger partial charge in [0, 0.05) is 22.3 Å². The van der Waals surface area contributed by atoms with Crippen molar-refractivity contribution in [2.45, 2.75) is 33.7 Å². The number of carbonyl (C=O) groups is 2. The number of esters is 1. The molecule has 5 nitrogen and oxygen atoms in total. The zero-order valence-corrected chi connectivity index (χ0v) is 20.3. The highest BCUT2D eigenvalue weighted by Gasteiger charge is 2.15. The van der Waals surface area contributed by atoms with E-state index in [4.69, 9.17) is 11.6 Å². The lowest BCUT2D eigenvalue weighted by molar-refractivity contribution is -0.139. The lowest BCUT2D eigenvalue weighted by Crippen LogP contribution is -2.31. The van der Waals surface area contributed by atoms with Crippen LogP contribution in [0.1, 0.15) is 45.6 Å². The summed E-state index contributed by atoms with van der Waals surface area (Å²) in [5.41, 5.74) is 7.55. The van der Waals surface area contributed by atoms with Crippen molar-refractivity contribution in [3.05, 3.63) is 87.4 Å². The van der Waals surface area contributed by atoms with E-state index in [1.54, 1.807) is 0 Å². The fourth-order valence-corrected chi connectivity index (χ4v) is 3.98. The zero-order valence-electron chi connectivity index (χ0n) is 19.6. The maximum Gasteiger partial charge on any atom is 0.325 e. The van der Waals surface area contributed by atoms with Crippen LogP contribution in [0.15, 0.2) is 54.6 Å². The van der Waals surface area contributed by atoms with Crippen LogP contribution in [0.5, 0.6) is 0 Å². The summed E-state index contributed by atoms with van der Waals surface area (Å²) in [6.45, 7) is 7.76. The van der Waals surface area contributed by atoms with Crippen LogP contribution >= 0.6 is 11.6 Å². The summed E-state index contributed by atoms with van der Waals surface area (Å²) in [5.74, 6) is -0.771. The molecule has 0 saturated heterocycles. The Hall–Kier alpha value is -3.31. The molecule has 0 heterocycles. The number of hydrogen-bond donors (Lipinski definition) is 2. The molecule has 6 heteroatoms. The molecule has 3 rings (SSSR count). The van der Waals surface area contributed by atoms with Crippen LogP contribution < -0.4 is 10.6 Å². The van der Waals surface area contributed by atoms with Crippen molar-refractivity contribution >= 4 is 29.2 Å². The van der Waals surface area contributed by atoms with Crippen molar-refractivity contribution in [3.8, 4) is 11.1 Å². The Morgan fingerprint density at radius 3 is 2.27 bits per heavy atom. The zero-order chi connectivity index (χ0) is 24.1. The molecule has 0 spiro atoms. The average molecular weight is 465 g/mol. The van der Waals surface area contributed by atoms with Crippen LogP contribution in [0, 0.1) is 20.8 Å². The average Bonchev–Trinajstić information content (AvgIpc) is 2.78. The van der Waals surface area contributed by atoms with Gasteiger partial charge in [-0.05, 0) is 79.3 Å². The number of carbonyl (C=O) groups excluding carboxylic acids is 2. The van der Waals surface area contributed by atoms with E-state index < -0.39 is 5.97 Å². The normalized spacial score (nSPS) is 11.6. The summed E-state index contributed by atoms with van der Waals surface area (Å²) in [5, 5.41) is 6.93. The molecule has 0 saturated carbocycles. The first kappa shape index (κ1) is 24.3. The molecule has 0 aliphatic carbocycles. The fourth-order valence-electron chi connectivity index (χ4n) is 3.86. The number of aryl methyl sites for hydroxylation is 3. The van der Waals surface area contributed by atoms with E-state index in [1.807, 2.05) is 63.2 Å². The summed E-state index contributed by atoms with van der Waals surface area (Å²) >= 11 is 6.16. The number of anilines is 1. The van der Waals surface area contributed by atoms with E-state index in [9.17, 15) is 9.59 Å². The molecule has 0 aromatic heterocycles. The minimum Gasteiger partial charge on any atom is -0.468 e. The molecular weight excluding hydrogens is 436 g/mol. The van der Waals surface area contributed by atoms with Crippen LogP contribution in [0.4, 0.5) is 5.69 Å². The second-order valence-corrected chi connectivity index (χ2v) is 8.61. The monoisotopic (exact) mass is 464 g/mol. The third kappa shape index (κ3) is 5.93. The second kappa shape index (κ2) is 10.5. The molecule has 172 valence electrons. The number of rotatable bonds is 7. The van der Waals surface area contributed by atoms with Gasteiger partial charge in [0.05, 0.1) is 7.11 Å². The van der Waals surface area contributed by atoms with Gasteiger partial charge in [0.25, 0.3) is 5.91 Å². The summed E-state index contributed by atoms with van der Waals surface area (Å²) in [6, 6.07) is 18.4. The Morgan fingerprint density at radius 2 is 1.64 bits per heavy atom. The van der Waals surface area contributed by atoms with E-state index in [0.29, 0.717) is 5.56 Å². The molecular formula is C27H29ClN2O3. The maximum absolute atomic E-state index is 12.6. The van der Waals surface area contributed by atoms with E-state index in [1.165, 1.54) is 7.11 Å². The third-order valence-electron chi connectivity index (χ3n) is 5.64. The van der Waals surface area contributed by atoms with Gasteiger partial charge in [-0.15, -0.1) is 0 Å². The van der Waals surface area contributed by atoms with E-state index in [-0.39, 0.29) is 18.5 Å². The van der Waals surface area contributed by atoms with Crippen molar-refractivity contribution in [1.29, 1.82) is 0 Å². The van der Waals surface area contributed by atoms with Crippen LogP contribution in [-0.2, 0) is 9.53 Å². The second-order valence-electron chi connectivity index (χ2n) is 8.20. The van der Waals surface area contributed by atoms with Crippen molar-refractivity contribution in [3.63, 3.8) is 0 Å². The molecule has 33 heavy (non-hydrogen) atoms. The lowest BCUT2D eigenvalue weighted by atomic mass is 9.95.